The standard InChI is InChI=1S/C27H43N3O6/c1-7-9-10-11-12-17-30(22(31)18-29-26(34)36-27(3,4)5)24(25(33)28-19-23(32)35-6)21-15-13-20(8-2)14-16-21/h13-16,24H,7-12,17-19H2,1-6H3,(H,28,33)(H,29,34). The van der Waals surface area contributed by atoms with Crippen molar-refractivity contribution in [2.24, 2.45) is 0 Å². The number of esters is 1. The molecule has 9 nitrogen and oxygen atoms in total. The van der Waals surface area contributed by atoms with Gasteiger partial charge in [-0.3, -0.25) is 14.4 Å². The summed E-state index contributed by atoms with van der Waals surface area (Å²) in [4.78, 5) is 51.9. The number of alkyl carbamates (subject to hydrolysis) is 1. The average Bonchev–Trinajstić information content (AvgIpc) is 2.84. The molecule has 1 atom stereocenters. The summed E-state index contributed by atoms with van der Waals surface area (Å²) >= 11 is 0. The summed E-state index contributed by atoms with van der Waals surface area (Å²) in [6.07, 6.45) is 4.94. The Morgan fingerprint density at radius 3 is 2.11 bits per heavy atom. The van der Waals surface area contributed by atoms with Gasteiger partial charge in [0.15, 0.2) is 0 Å². The fraction of sp³-hybridized carbons (Fsp3) is 0.630. The molecule has 0 spiro atoms. The molecule has 1 rings (SSSR count). The lowest BCUT2D eigenvalue weighted by Gasteiger charge is -2.32. The zero-order chi connectivity index (χ0) is 27.1. The first-order valence-corrected chi connectivity index (χ1v) is 12.7. The number of ether oxygens (including phenoxy) is 2. The molecule has 202 valence electrons. The van der Waals surface area contributed by atoms with Gasteiger partial charge in [-0.15, -0.1) is 0 Å². The topological polar surface area (TPSA) is 114 Å². The molecule has 0 radical (unpaired) electrons. The van der Waals surface area contributed by atoms with Crippen LogP contribution in [0.2, 0.25) is 0 Å². The van der Waals surface area contributed by atoms with E-state index in [0.29, 0.717) is 18.5 Å². The van der Waals surface area contributed by atoms with Crippen molar-refractivity contribution in [1.82, 2.24) is 15.5 Å². The first-order valence-electron chi connectivity index (χ1n) is 12.7. The van der Waals surface area contributed by atoms with E-state index >= 15 is 0 Å². The van der Waals surface area contributed by atoms with Crippen LogP contribution in [-0.2, 0) is 30.3 Å². The van der Waals surface area contributed by atoms with Crippen LogP contribution in [0.4, 0.5) is 4.79 Å². The van der Waals surface area contributed by atoms with Crippen molar-refractivity contribution in [3.63, 3.8) is 0 Å². The number of carbonyl (C=O) groups excluding carboxylic acids is 4. The normalized spacial score (nSPS) is 11.8. The summed E-state index contributed by atoms with van der Waals surface area (Å²) < 4.78 is 9.87. The van der Waals surface area contributed by atoms with Gasteiger partial charge in [0.25, 0.3) is 0 Å². The van der Waals surface area contributed by atoms with Crippen LogP contribution in [0.1, 0.15) is 83.9 Å². The molecule has 0 aliphatic heterocycles. The van der Waals surface area contributed by atoms with Crippen molar-refractivity contribution in [3.8, 4) is 0 Å². The highest BCUT2D eigenvalue weighted by molar-refractivity contribution is 5.91. The Morgan fingerprint density at radius 2 is 1.56 bits per heavy atom. The molecular weight excluding hydrogens is 462 g/mol. The van der Waals surface area contributed by atoms with Crippen LogP contribution in [0.3, 0.4) is 0 Å². The lowest BCUT2D eigenvalue weighted by molar-refractivity contribution is -0.143. The van der Waals surface area contributed by atoms with Crippen LogP contribution >= 0.6 is 0 Å². The van der Waals surface area contributed by atoms with Gasteiger partial charge in [0.2, 0.25) is 11.8 Å². The lowest BCUT2D eigenvalue weighted by Crippen LogP contribution is -2.48. The predicted molar refractivity (Wildman–Crippen MR) is 138 cm³/mol. The number of rotatable bonds is 14. The number of benzene rings is 1. The smallest absolute Gasteiger partial charge is 0.408 e. The second kappa shape index (κ2) is 15.8. The highest BCUT2D eigenvalue weighted by atomic mass is 16.6. The minimum absolute atomic E-state index is 0.312. The monoisotopic (exact) mass is 505 g/mol. The van der Waals surface area contributed by atoms with E-state index in [0.717, 1.165) is 37.7 Å². The molecule has 0 fully saturated rings. The Morgan fingerprint density at radius 1 is 0.917 bits per heavy atom. The molecule has 2 N–H and O–H groups in total. The third kappa shape index (κ3) is 11.6. The highest BCUT2D eigenvalue weighted by Gasteiger charge is 2.32. The molecular formula is C27H43N3O6. The molecule has 0 saturated heterocycles. The van der Waals surface area contributed by atoms with Gasteiger partial charge in [0, 0.05) is 6.54 Å². The van der Waals surface area contributed by atoms with E-state index in [1.54, 1.807) is 20.8 Å². The molecule has 0 heterocycles. The molecule has 1 aromatic rings. The van der Waals surface area contributed by atoms with E-state index in [9.17, 15) is 19.2 Å². The van der Waals surface area contributed by atoms with Crippen molar-refractivity contribution in [2.75, 3.05) is 26.7 Å². The van der Waals surface area contributed by atoms with Gasteiger partial charge >= 0.3 is 12.1 Å². The van der Waals surface area contributed by atoms with Gasteiger partial charge in [-0.1, -0.05) is 63.8 Å². The largest absolute Gasteiger partial charge is 0.468 e. The van der Waals surface area contributed by atoms with Gasteiger partial charge in [0.05, 0.1) is 7.11 Å². The molecule has 0 saturated carbocycles. The maximum absolute atomic E-state index is 13.4. The first kappa shape index (κ1) is 30.9. The summed E-state index contributed by atoms with van der Waals surface area (Å²) in [5.41, 5.74) is 1.01. The minimum Gasteiger partial charge on any atom is -0.468 e. The number of aryl methyl sites for hydroxylation is 1. The maximum Gasteiger partial charge on any atom is 0.408 e. The molecule has 1 unspecified atom stereocenters. The average molecular weight is 506 g/mol. The van der Waals surface area contributed by atoms with Gasteiger partial charge in [-0.2, -0.15) is 0 Å². The van der Waals surface area contributed by atoms with Gasteiger partial charge in [-0.05, 0) is 44.7 Å². The van der Waals surface area contributed by atoms with Crippen molar-refractivity contribution in [3.05, 3.63) is 35.4 Å². The van der Waals surface area contributed by atoms with E-state index < -0.39 is 35.5 Å². The van der Waals surface area contributed by atoms with E-state index in [2.05, 4.69) is 22.3 Å². The molecule has 3 amide bonds. The Bertz CT molecular complexity index is 848. The number of methoxy groups -OCH3 is 1. The van der Waals surface area contributed by atoms with Crippen LogP contribution in [0.15, 0.2) is 24.3 Å². The quantitative estimate of drug-likeness (QED) is 0.293. The minimum atomic E-state index is -0.973. The molecule has 0 aliphatic rings. The van der Waals surface area contributed by atoms with Gasteiger partial charge < -0.3 is 25.0 Å². The molecule has 1 aromatic carbocycles. The Hall–Kier alpha value is -3.10. The fourth-order valence-corrected chi connectivity index (χ4v) is 3.58. The zero-order valence-corrected chi connectivity index (χ0v) is 22.6. The van der Waals surface area contributed by atoms with Crippen LogP contribution in [0.5, 0.6) is 0 Å². The van der Waals surface area contributed by atoms with Crippen molar-refractivity contribution < 1.29 is 28.7 Å². The third-order valence-corrected chi connectivity index (χ3v) is 5.50. The first-order chi connectivity index (χ1) is 17.0. The number of carbonyl (C=O) groups is 4. The van der Waals surface area contributed by atoms with Crippen molar-refractivity contribution in [2.45, 2.75) is 84.8 Å². The molecule has 9 heteroatoms. The zero-order valence-electron chi connectivity index (χ0n) is 22.6. The van der Waals surface area contributed by atoms with Crippen LogP contribution in [0, 0.1) is 0 Å². The number of hydrogen-bond acceptors (Lipinski definition) is 6. The SMILES string of the molecule is CCCCCCCN(C(=O)CNC(=O)OC(C)(C)C)C(C(=O)NCC(=O)OC)c1ccc(CC)cc1. The van der Waals surface area contributed by atoms with Crippen LogP contribution in [0.25, 0.3) is 0 Å². The number of amides is 3. The molecule has 0 aliphatic carbocycles. The second-order valence-corrected chi connectivity index (χ2v) is 9.65. The molecule has 0 bridgehead atoms. The van der Waals surface area contributed by atoms with E-state index in [-0.39, 0.29) is 13.1 Å². The molecule has 36 heavy (non-hydrogen) atoms. The van der Waals surface area contributed by atoms with E-state index in [1.807, 2.05) is 31.2 Å². The Labute approximate surface area is 215 Å². The lowest BCUT2D eigenvalue weighted by atomic mass is 10.0. The van der Waals surface area contributed by atoms with Crippen molar-refractivity contribution >= 4 is 23.9 Å². The van der Waals surface area contributed by atoms with E-state index in [4.69, 9.17) is 4.74 Å². The molecule has 0 aromatic heterocycles. The summed E-state index contributed by atoms with van der Waals surface area (Å²) in [5.74, 6) is -1.51. The number of unbranched alkanes of at least 4 members (excludes halogenated alkanes) is 4. The number of hydrogen-bond donors (Lipinski definition) is 2. The third-order valence-electron chi connectivity index (χ3n) is 5.50. The van der Waals surface area contributed by atoms with Crippen LogP contribution < -0.4 is 10.6 Å². The summed E-state index contributed by atoms with van der Waals surface area (Å²) in [7, 11) is 1.24. The second-order valence-electron chi connectivity index (χ2n) is 9.65. The van der Waals surface area contributed by atoms with Crippen molar-refractivity contribution in [1.29, 1.82) is 0 Å². The number of nitrogens with one attached hydrogen (secondary N) is 2. The van der Waals surface area contributed by atoms with Crippen LogP contribution in [-0.4, -0.2) is 61.1 Å². The summed E-state index contributed by atoms with van der Waals surface area (Å²) in [6.45, 7) is 9.05. The summed E-state index contributed by atoms with van der Waals surface area (Å²) in [6, 6.07) is 6.50. The summed E-state index contributed by atoms with van der Waals surface area (Å²) in [5, 5.41) is 5.08. The van der Waals surface area contributed by atoms with E-state index in [1.165, 1.54) is 12.0 Å². The Balaban J connectivity index is 3.20. The number of nitrogens with zero attached hydrogens (tertiary/aromatic N) is 1. The van der Waals surface area contributed by atoms with Gasteiger partial charge in [0.1, 0.15) is 24.7 Å². The van der Waals surface area contributed by atoms with Gasteiger partial charge in [-0.25, -0.2) is 4.79 Å². The predicted octanol–water partition coefficient (Wildman–Crippen LogP) is 3.90. The highest BCUT2D eigenvalue weighted by Crippen LogP contribution is 2.23. The Kier molecular flexibility index (Phi) is 13.6. The maximum atomic E-state index is 13.4. The fourth-order valence-electron chi connectivity index (χ4n) is 3.58.